The Hall–Kier alpha value is -1.40. The maximum absolute atomic E-state index is 12.2. The van der Waals surface area contributed by atoms with E-state index in [0.717, 1.165) is 38.0 Å². The second-order valence-electron chi connectivity index (χ2n) is 5.60. The average Bonchev–Trinajstić information content (AvgIpc) is 2.97. The van der Waals surface area contributed by atoms with Gasteiger partial charge in [-0.15, -0.1) is 0 Å². The van der Waals surface area contributed by atoms with Crippen molar-refractivity contribution in [3.63, 3.8) is 0 Å². The number of hydrogen-bond donors (Lipinski definition) is 1. The molecule has 1 aliphatic rings. The van der Waals surface area contributed by atoms with Crippen molar-refractivity contribution in [3.8, 4) is 0 Å². The monoisotopic (exact) mass is 294 g/mol. The molecule has 0 aliphatic carbocycles. The van der Waals surface area contributed by atoms with E-state index in [-0.39, 0.29) is 17.7 Å². The normalized spacial score (nSPS) is 20.0. The molecule has 2 atom stereocenters. The van der Waals surface area contributed by atoms with Crippen LogP contribution in [0, 0.1) is 0 Å². The Morgan fingerprint density at radius 1 is 1.57 bits per heavy atom. The van der Waals surface area contributed by atoms with Crippen molar-refractivity contribution in [1.29, 1.82) is 0 Å². The fraction of sp³-hybridized carbons (Fsp3) is 0.733. The van der Waals surface area contributed by atoms with Gasteiger partial charge in [0.15, 0.2) is 0 Å². The number of nitrogens with zero attached hydrogens (tertiary/aromatic N) is 3. The number of anilines is 1. The van der Waals surface area contributed by atoms with Gasteiger partial charge in [-0.3, -0.25) is 4.79 Å². The summed E-state index contributed by atoms with van der Waals surface area (Å²) in [6.07, 6.45) is 5.17. The van der Waals surface area contributed by atoms with Gasteiger partial charge >= 0.3 is 0 Å². The lowest BCUT2D eigenvalue weighted by Gasteiger charge is -2.19. The minimum Gasteiger partial charge on any atom is -0.380 e. The van der Waals surface area contributed by atoms with Gasteiger partial charge in [0.05, 0.1) is 24.5 Å². The van der Waals surface area contributed by atoms with E-state index in [1.165, 1.54) is 0 Å². The van der Waals surface area contributed by atoms with E-state index in [1.807, 2.05) is 7.05 Å². The smallest absolute Gasteiger partial charge is 0.268 e. The van der Waals surface area contributed by atoms with Gasteiger partial charge in [-0.25, -0.2) is 4.68 Å². The lowest BCUT2D eigenvalue weighted by atomic mass is 10.2. The van der Waals surface area contributed by atoms with Crippen LogP contribution in [-0.4, -0.2) is 49.2 Å². The van der Waals surface area contributed by atoms with E-state index >= 15 is 0 Å². The number of ether oxygens (including phenoxy) is 1. The number of aromatic nitrogens is 2. The number of methoxy groups -OCH3 is 1. The summed E-state index contributed by atoms with van der Waals surface area (Å²) in [7, 11) is 3.66. The Kier molecular flexibility index (Phi) is 5.76. The second-order valence-corrected chi connectivity index (χ2v) is 5.60. The SMILES string of the molecule is CCCC(Cn1ncc(N2CCC(OC)C2)cc1=O)NC. The minimum absolute atomic E-state index is 0.0373. The van der Waals surface area contributed by atoms with Crippen LogP contribution in [0.1, 0.15) is 26.2 Å². The summed E-state index contributed by atoms with van der Waals surface area (Å²) in [6, 6.07) is 1.97. The van der Waals surface area contributed by atoms with Gasteiger partial charge in [-0.1, -0.05) is 13.3 Å². The van der Waals surface area contributed by atoms with Crippen molar-refractivity contribution in [2.75, 3.05) is 32.1 Å². The third-order valence-corrected chi connectivity index (χ3v) is 4.14. The quantitative estimate of drug-likeness (QED) is 0.808. The number of rotatable bonds is 7. The van der Waals surface area contributed by atoms with Crippen molar-refractivity contribution in [2.45, 2.75) is 44.9 Å². The number of likely N-dealkylation sites (N-methyl/N-ethyl adjacent to an activating group) is 1. The molecule has 1 aromatic heterocycles. The molecule has 0 amide bonds. The third kappa shape index (κ3) is 4.04. The minimum atomic E-state index is -0.0373. The van der Waals surface area contributed by atoms with Crippen LogP contribution < -0.4 is 15.8 Å². The predicted molar refractivity (Wildman–Crippen MR) is 83.9 cm³/mol. The first-order valence-electron chi connectivity index (χ1n) is 7.70. The standard InChI is InChI=1S/C15H26N4O2/c1-4-5-12(16-2)10-19-15(20)8-13(9-17-19)18-7-6-14(11-18)21-3/h8-9,12,14,16H,4-7,10-11H2,1-3H3. The van der Waals surface area contributed by atoms with E-state index in [2.05, 4.69) is 22.2 Å². The first-order valence-corrected chi connectivity index (χ1v) is 7.70. The van der Waals surface area contributed by atoms with E-state index in [9.17, 15) is 4.79 Å². The molecule has 1 N–H and O–H groups in total. The molecule has 1 aliphatic heterocycles. The van der Waals surface area contributed by atoms with Crippen LogP contribution in [0.2, 0.25) is 0 Å². The van der Waals surface area contributed by atoms with Crippen LogP contribution in [-0.2, 0) is 11.3 Å². The Balaban J connectivity index is 2.05. The average molecular weight is 294 g/mol. The molecule has 118 valence electrons. The zero-order valence-corrected chi connectivity index (χ0v) is 13.2. The fourth-order valence-corrected chi connectivity index (χ4v) is 2.77. The van der Waals surface area contributed by atoms with Gasteiger partial charge in [0.1, 0.15) is 0 Å². The lowest BCUT2D eigenvalue weighted by molar-refractivity contribution is 0.121. The van der Waals surface area contributed by atoms with Crippen LogP contribution in [0.15, 0.2) is 17.1 Å². The molecular weight excluding hydrogens is 268 g/mol. The third-order valence-electron chi connectivity index (χ3n) is 4.14. The van der Waals surface area contributed by atoms with E-state index in [1.54, 1.807) is 24.1 Å². The van der Waals surface area contributed by atoms with Crippen molar-refractivity contribution < 1.29 is 4.74 Å². The maximum Gasteiger partial charge on any atom is 0.268 e. The van der Waals surface area contributed by atoms with Crippen molar-refractivity contribution >= 4 is 5.69 Å². The van der Waals surface area contributed by atoms with E-state index in [0.29, 0.717) is 6.54 Å². The highest BCUT2D eigenvalue weighted by Crippen LogP contribution is 2.19. The van der Waals surface area contributed by atoms with Crippen LogP contribution in [0.3, 0.4) is 0 Å². The van der Waals surface area contributed by atoms with Crippen molar-refractivity contribution in [3.05, 3.63) is 22.6 Å². The van der Waals surface area contributed by atoms with Crippen molar-refractivity contribution in [2.24, 2.45) is 0 Å². The molecule has 0 saturated carbocycles. The van der Waals surface area contributed by atoms with Crippen LogP contribution in [0.4, 0.5) is 5.69 Å². The largest absolute Gasteiger partial charge is 0.380 e. The molecule has 21 heavy (non-hydrogen) atoms. The summed E-state index contributed by atoms with van der Waals surface area (Å²) in [5.41, 5.74) is 0.858. The van der Waals surface area contributed by atoms with Crippen LogP contribution >= 0.6 is 0 Å². The first-order chi connectivity index (χ1) is 10.2. The molecule has 6 nitrogen and oxygen atoms in total. The Morgan fingerprint density at radius 2 is 2.38 bits per heavy atom. The molecule has 1 saturated heterocycles. The molecule has 0 spiro atoms. The highest BCUT2D eigenvalue weighted by atomic mass is 16.5. The Bertz CT molecular complexity index is 503. The second kappa shape index (κ2) is 7.56. The maximum atomic E-state index is 12.2. The Morgan fingerprint density at radius 3 is 2.95 bits per heavy atom. The zero-order chi connectivity index (χ0) is 15.2. The van der Waals surface area contributed by atoms with E-state index < -0.39 is 0 Å². The molecule has 2 heterocycles. The fourth-order valence-electron chi connectivity index (χ4n) is 2.77. The van der Waals surface area contributed by atoms with Gasteiger partial charge in [0.25, 0.3) is 5.56 Å². The zero-order valence-electron chi connectivity index (χ0n) is 13.2. The number of hydrogen-bond acceptors (Lipinski definition) is 5. The molecule has 0 bridgehead atoms. The summed E-state index contributed by atoms with van der Waals surface area (Å²) in [5, 5.41) is 7.56. The molecule has 2 unspecified atom stereocenters. The summed E-state index contributed by atoms with van der Waals surface area (Å²) < 4.78 is 6.90. The topological polar surface area (TPSA) is 59.4 Å². The number of nitrogens with one attached hydrogen (secondary N) is 1. The van der Waals surface area contributed by atoms with Crippen molar-refractivity contribution in [1.82, 2.24) is 15.1 Å². The van der Waals surface area contributed by atoms with Crippen LogP contribution in [0.25, 0.3) is 0 Å². The van der Waals surface area contributed by atoms with E-state index in [4.69, 9.17) is 4.74 Å². The molecule has 1 fully saturated rings. The van der Waals surface area contributed by atoms with Gasteiger partial charge < -0.3 is 15.0 Å². The Labute approximate surface area is 126 Å². The van der Waals surface area contributed by atoms with Gasteiger partial charge in [0.2, 0.25) is 0 Å². The van der Waals surface area contributed by atoms with Gasteiger partial charge in [0, 0.05) is 32.3 Å². The highest BCUT2D eigenvalue weighted by Gasteiger charge is 2.23. The van der Waals surface area contributed by atoms with Gasteiger partial charge in [-0.2, -0.15) is 5.10 Å². The highest BCUT2D eigenvalue weighted by molar-refractivity contribution is 5.44. The molecule has 0 radical (unpaired) electrons. The lowest BCUT2D eigenvalue weighted by Crippen LogP contribution is -2.36. The van der Waals surface area contributed by atoms with Crippen LogP contribution in [0.5, 0.6) is 0 Å². The summed E-state index contributed by atoms with van der Waals surface area (Å²) in [6.45, 7) is 4.50. The molecule has 6 heteroatoms. The molecule has 2 rings (SSSR count). The summed E-state index contributed by atoms with van der Waals surface area (Å²) in [4.78, 5) is 14.4. The van der Waals surface area contributed by atoms with Gasteiger partial charge in [-0.05, 0) is 19.9 Å². The molecule has 0 aromatic carbocycles. The molecular formula is C15H26N4O2. The summed E-state index contributed by atoms with van der Waals surface area (Å²) in [5.74, 6) is 0. The summed E-state index contributed by atoms with van der Waals surface area (Å²) >= 11 is 0. The first kappa shape index (κ1) is 16.0. The predicted octanol–water partition coefficient (Wildman–Crippen LogP) is 0.857. The molecule has 1 aromatic rings.